The van der Waals surface area contributed by atoms with E-state index in [4.69, 9.17) is 5.73 Å². The van der Waals surface area contributed by atoms with Crippen LogP contribution in [-0.2, 0) is 0 Å². The molecule has 1 heteroatoms. The van der Waals surface area contributed by atoms with Crippen molar-refractivity contribution in [3.05, 3.63) is 11.6 Å². The van der Waals surface area contributed by atoms with E-state index < -0.39 is 0 Å². The number of hydrogen-bond donors (Lipinski definition) is 1. The molecule has 2 aliphatic rings. The van der Waals surface area contributed by atoms with Gasteiger partial charge in [-0.1, -0.05) is 65.5 Å². The Labute approximate surface area is 151 Å². The van der Waals surface area contributed by atoms with Gasteiger partial charge in [-0.25, -0.2) is 0 Å². The molecule has 0 aliphatic heterocycles. The van der Waals surface area contributed by atoms with Crippen LogP contribution in [0.3, 0.4) is 0 Å². The maximum absolute atomic E-state index is 6.15. The van der Waals surface area contributed by atoms with E-state index in [2.05, 4.69) is 47.6 Å². The lowest BCUT2D eigenvalue weighted by Crippen LogP contribution is -2.44. The van der Waals surface area contributed by atoms with Crippen molar-refractivity contribution in [1.82, 2.24) is 0 Å². The number of allylic oxidation sites excluding steroid dienone is 2. The summed E-state index contributed by atoms with van der Waals surface area (Å²) >= 11 is 0. The van der Waals surface area contributed by atoms with Crippen LogP contribution in [0.2, 0.25) is 0 Å². The second kappa shape index (κ2) is 8.88. The van der Waals surface area contributed by atoms with Crippen LogP contribution in [0.15, 0.2) is 11.6 Å². The molecule has 0 amide bonds. The fourth-order valence-corrected chi connectivity index (χ4v) is 5.53. The topological polar surface area (TPSA) is 26.0 Å². The normalized spacial score (nSPS) is 35.0. The van der Waals surface area contributed by atoms with Crippen LogP contribution in [0.4, 0.5) is 0 Å². The van der Waals surface area contributed by atoms with E-state index in [0.717, 1.165) is 41.4 Å². The fourth-order valence-electron chi connectivity index (χ4n) is 5.53. The standard InChI is InChI=1S/C23H43N/c1-7-8-9-15(2)12-23(20-13-21(24)14-20)19(6)18(5)22-11-10-16(3)17(22)4/h10,15,17-23H,7-9,11-14,24H2,1-6H3. The molecule has 1 nitrogen and oxygen atoms in total. The lowest BCUT2D eigenvalue weighted by molar-refractivity contribution is 0.0600. The third-order valence-electron chi connectivity index (χ3n) is 7.79. The Hall–Kier alpha value is -0.300. The summed E-state index contributed by atoms with van der Waals surface area (Å²) in [6.45, 7) is 14.7. The average molecular weight is 334 g/mol. The Balaban J connectivity index is 1.99. The average Bonchev–Trinajstić information content (AvgIpc) is 2.86. The van der Waals surface area contributed by atoms with Gasteiger partial charge in [0.1, 0.15) is 0 Å². The van der Waals surface area contributed by atoms with Gasteiger partial charge in [-0.2, -0.15) is 0 Å². The maximum Gasteiger partial charge on any atom is 0.00443 e. The molecule has 0 aromatic heterocycles. The van der Waals surface area contributed by atoms with Crippen molar-refractivity contribution in [2.75, 3.05) is 0 Å². The van der Waals surface area contributed by atoms with Crippen molar-refractivity contribution < 1.29 is 0 Å². The van der Waals surface area contributed by atoms with E-state index >= 15 is 0 Å². The number of unbranched alkanes of at least 4 members (excludes halogenated alkanes) is 1. The highest BCUT2D eigenvalue weighted by molar-refractivity contribution is 5.12. The molecule has 0 heterocycles. The maximum atomic E-state index is 6.15. The minimum atomic E-state index is 0.486. The molecule has 2 aliphatic carbocycles. The smallest absolute Gasteiger partial charge is 0.00443 e. The summed E-state index contributed by atoms with van der Waals surface area (Å²) in [5, 5.41) is 0. The molecule has 6 unspecified atom stereocenters. The summed E-state index contributed by atoms with van der Waals surface area (Å²) < 4.78 is 0. The molecule has 0 bridgehead atoms. The highest BCUT2D eigenvalue weighted by atomic mass is 14.7. The fraction of sp³-hybridized carbons (Fsp3) is 0.913. The van der Waals surface area contributed by atoms with Gasteiger partial charge in [0, 0.05) is 6.04 Å². The molecule has 2 N–H and O–H groups in total. The van der Waals surface area contributed by atoms with Gasteiger partial charge in [0.25, 0.3) is 0 Å². The predicted octanol–water partition coefficient (Wildman–Crippen LogP) is 6.43. The van der Waals surface area contributed by atoms with Crippen LogP contribution in [0, 0.1) is 41.4 Å². The first-order valence-electron chi connectivity index (χ1n) is 10.8. The summed E-state index contributed by atoms with van der Waals surface area (Å²) in [6, 6.07) is 0.486. The Morgan fingerprint density at radius 3 is 2.38 bits per heavy atom. The number of nitrogens with two attached hydrogens (primary N) is 1. The van der Waals surface area contributed by atoms with Gasteiger partial charge in [-0.3, -0.25) is 0 Å². The van der Waals surface area contributed by atoms with Gasteiger partial charge in [0.2, 0.25) is 0 Å². The third-order valence-corrected chi connectivity index (χ3v) is 7.79. The Morgan fingerprint density at radius 2 is 1.88 bits per heavy atom. The SMILES string of the molecule is CCCCC(C)CC(C1CC(N)C1)C(C)C(C)C1CC=C(C)C1C. The Kier molecular flexibility index (Phi) is 7.40. The van der Waals surface area contributed by atoms with Crippen molar-refractivity contribution in [1.29, 1.82) is 0 Å². The largest absolute Gasteiger partial charge is 0.328 e. The second-order valence-electron chi connectivity index (χ2n) is 9.49. The molecule has 0 aromatic carbocycles. The first-order valence-corrected chi connectivity index (χ1v) is 10.8. The molecule has 1 saturated carbocycles. The van der Waals surface area contributed by atoms with E-state index in [1.807, 2.05) is 0 Å². The Morgan fingerprint density at radius 1 is 1.21 bits per heavy atom. The molecule has 140 valence electrons. The molecular formula is C23H43N. The minimum Gasteiger partial charge on any atom is -0.328 e. The van der Waals surface area contributed by atoms with Crippen LogP contribution in [0.25, 0.3) is 0 Å². The summed E-state index contributed by atoms with van der Waals surface area (Å²) in [6.07, 6.45) is 11.9. The van der Waals surface area contributed by atoms with Gasteiger partial charge in [-0.15, -0.1) is 0 Å². The van der Waals surface area contributed by atoms with Crippen molar-refractivity contribution in [3.63, 3.8) is 0 Å². The van der Waals surface area contributed by atoms with Crippen LogP contribution in [-0.4, -0.2) is 6.04 Å². The molecule has 0 radical (unpaired) electrons. The van der Waals surface area contributed by atoms with Crippen LogP contribution in [0.1, 0.15) is 86.5 Å². The highest BCUT2D eigenvalue weighted by Crippen LogP contribution is 2.47. The summed E-state index contributed by atoms with van der Waals surface area (Å²) in [4.78, 5) is 0. The summed E-state index contributed by atoms with van der Waals surface area (Å²) in [5.74, 6) is 5.97. The van der Waals surface area contributed by atoms with Gasteiger partial charge < -0.3 is 5.73 Å². The van der Waals surface area contributed by atoms with E-state index in [1.54, 1.807) is 5.57 Å². The van der Waals surface area contributed by atoms with Crippen molar-refractivity contribution in [2.45, 2.75) is 92.5 Å². The molecule has 6 atom stereocenters. The van der Waals surface area contributed by atoms with E-state index in [-0.39, 0.29) is 0 Å². The van der Waals surface area contributed by atoms with Crippen LogP contribution in [0.5, 0.6) is 0 Å². The predicted molar refractivity (Wildman–Crippen MR) is 107 cm³/mol. The van der Waals surface area contributed by atoms with Gasteiger partial charge in [-0.05, 0) is 74.0 Å². The van der Waals surface area contributed by atoms with Crippen molar-refractivity contribution in [3.8, 4) is 0 Å². The monoisotopic (exact) mass is 333 g/mol. The molecule has 24 heavy (non-hydrogen) atoms. The van der Waals surface area contributed by atoms with Crippen LogP contribution >= 0.6 is 0 Å². The minimum absolute atomic E-state index is 0.486. The molecular weight excluding hydrogens is 290 g/mol. The van der Waals surface area contributed by atoms with Crippen molar-refractivity contribution >= 4 is 0 Å². The molecule has 0 aromatic rings. The lowest BCUT2D eigenvalue weighted by atomic mass is 9.61. The van der Waals surface area contributed by atoms with E-state index in [1.165, 1.54) is 44.9 Å². The Bertz CT molecular complexity index is 406. The molecule has 2 rings (SSSR count). The number of hydrogen-bond acceptors (Lipinski definition) is 1. The highest BCUT2D eigenvalue weighted by Gasteiger charge is 2.40. The summed E-state index contributed by atoms with van der Waals surface area (Å²) in [7, 11) is 0. The quantitative estimate of drug-likeness (QED) is 0.483. The number of rotatable bonds is 9. The van der Waals surface area contributed by atoms with Gasteiger partial charge >= 0.3 is 0 Å². The van der Waals surface area contributed by atoms with E-state index in [0.29, 0.717) is 6.04 Å². The zero-order valence-corrected chi connectivity index (χ0v) is 17.2. The first kappa shape index (κ1) is 20.0. The molecule has 0 spiro atoms. The molecule has 1 fully saturated rings. The first-order chi connectivity index (χ1) is 11.3. The summed E-state index contributed by atoms with van der Waals surface area (Å²) in [5.41, 5.74) is 7.77. The van der Waals surface area contributed by atoms with E-state index in [9.17, 15) is 0 Å². The zero-order chi connectivity index (χ0) is 17.9. The molecule has 0 saturated heterocycles. The van der Waals surface area contributed by atoms with Gasteiger partial charge in [0.15, 0.2) is 0 Å². The third kappa shape index (κ3) is 4.65. The van der Waals surface area contributed by atoms with Gasteiger partial charge in [0.05, 0.1) is 0 Å². The zero-order valence-electron chi connectivity index (χ0n) is 17.2. The van der Waals surface area contributed by atoms with Crippen molar-refractivity contribution in [2.24, 2.45) is 47.2 Å². The van der Waals surface area contributed by atoms with Crippen LogP contribution < -0.4 is 5.73 Å². The second-order valence-corrected chi connectivity index (χ2v) is 9.49. The lowest BCUT2D eigenvalue weighted by Gasteiger charge is -2.45.